The molecule has 1 saturated heterocycles. The predicted molar refractivity (Wildman–Crippen MR) is 120 cm³/mol. The normalized spacial score (nSPS) is 16.3. The third kappa shape index (κ3) is 8.20. The summed E-state index contributed by atoms with van der Waals surface area (Å²) in [6.07, 6.45) is 2.24. The Bertz CT molecular complexity index is 532. The van der Waals surface area contributed by atoms with Gasteiger partial charge in [-0.3, -0.25) is 4.99 Å². The van der Waals surface area contributed by atoms with E-state index in [1.54, 1.807) is 7.11 Å². The van der Waals surface area contributed by atoms with Crippen molar-refractivity contribution in [1.82, 2.24) is 9.80 Å². The van der Waals surface area contributed by atoms with Crippen LogP contribution in [0.3, 0.4) is 0 Å². The number of aliphatic imine (C=N–C) groups is 1. The molecule has 1 aromatic carbocycles. The van der Waals surface area contributed by atoms with Crippen LogP contribution in [0.1, 0.15) is 25.3 Å². The Kier molecular flexibility index (Phi) is 11.8. The second kappa shape index (κ2) is 13.3. The summed E-state index contributed by atoms with van der Waals surface area (Å²) in [5.41, 5.74) is 8.04. The average Bonchev–Trinajstić information content (AvgIpc) is 2.64. The molecule has 0 aliphatic carbocycles. The van der Waals surface area contributed by atoms with Crippen LogP contribution in [0, 0.1) is 0 Å². The van der Waals surface area contributed by atoms with Gasteiger partial charge < -0.3 is 25.6 Å². The van der Waals surface area contributed by atoms with Gasteiger partial charge in [-0.15, -0.1) is 24.0 Å². The molecule has 1 heterocycles. The van der Waals surface area contributed by atoms with Gasteiger partial charge in [-0.2, -0.15) is 0 Å². The van der Waals surface area contributed by atoms with Crippen LogP contribution in [0.4, 0.5) is 5.69 Å². The molecule has 26 heavy (non-hydrogen) atoms. The summed E-state index contributed by atoms with van der Waals surface area (Å²) in [4.78, 5) is 9.51. The lowest BCUT2D eigenvalue weighted by Crippen LogP contribution is -2.46. The molecule has 0 saturated carbocycles. The van der Waals surface area contributed by atoms with Crippen LogP contribution in [-0.4, -0.2) is 68.7 Å². The lowest BCUT2D eigenvalue weighted by molar-refractivity contribution is 0.136. The van der Waals surface area contributed by atoms with Crippen LogP contribution >= 0.6 is 24.0 Å². The fourth-order valence-corrected chi connectivity index (χ4v) is 3.08. The van der Waals surface area contributed by atoms with Crippen LogP contribution in [0.5, 0.6) is 0 Å². The predicted octanol–water partition coefficient (Wildman–Crippen LogP) is 2.60. The first-order valence-electron chi connectivity index (χ1n) is 9.31. The molecule has 6 nitrogen and oxygen atoms in total. The van der Waals surface area contributed by atoms with Gasteiger partial charge in [0, 0.05) is 51.1 Å². The standard InChI is InChI=1S/C19H33N5O.HI/c1-3-23-12-14-24(15-13-23)11-7-6-10-21-19(20)22-18-9-5-4-8-17(18)16-25-2;/h4-5,8-9H,3,6-7,10-16H2,1-2H3,(H3,20,21,22);1H. The highest BCUT2D eigenvalue weighted by atomic mass is 127. The second-order valence-corrected chi connectivity index (χ2v) is 6.47. The molecule has 148 valence electrons. The first-order valence-corrected chi connectivity index (χ1v) is 9.31. The monoisotopic (exact) mass is 475 g/mol. The van der Waals surface area contributed by atoms with Crippen molar-refractivity contribution in [3.8, 4) is 0 Å². The van der Waals surface area contributed by atoms with E-state index in [4.69, 9.17) is 10.5 Å². The van der Waals surface area contributed by atoms with E-state index in [-0.39, 0.29) is 24.0 Å². The largest absolute Gasteiger partial charge is 0.380 e. The van der Waals surface area contributed by atoms with Crippen LogP contribution in [0.15, 0.2) is 29.3 Å². The number of halogens is 1. The SMILES string of the molecule is CCN1CCN(CCCCN=C(N)Nc2ccccc2COC)CC1.I. The number of para-hydroxylation sites is 1. The summed E-state index contributed by atoms with van der Waals surface area (Å²) in [7, 11) is 1.69. The molecule has 0 atom stereocenters. The van der Waals surface area contributed by atoms with Gasteiger partial charge in [-0.25, -0.2) is 0 Å². The number of anilines is 1. The smallest absolute Gasteiger partial charge is 0.193 e. The topological polar surface area (TPSA) is 66.1 Å². The highest BCUT2D eigenvalue weighted by molar-refractivity contribution is 14.0. The van der Waals surface area contributed by atoms with Crippen molar-refractivity contribution >= 4 is 35.6 Å². The quantitative estimate of drug-likeness (QED) is 0.249. The van der Waals surface area contributed by atoms with Gasteiger partial charge in [-0.1, -0.05) is 25.1 Å². The number of nitrogens with two attached hydrogens (primary N) is 1. The first-order chi connectivity index (χ1) is 12.2. The van der Waals surface area contributed by atoms with Crippen molar-refractivity contribution in [1.29, 1.82) is 0 Å². The van der Waals surface area contributed by atoms with Gasteiger partial charge in [0.1, 0.15) is 0 Å². The van der Waals surface area contributed by atoms with Gasteiger partial charge in [-0.05, 0) is 32.0 Å². The number of nitrogens with zero attached hydrogens (tertiary/aromatic N) is 3. The molecule has 0 bridgehead atoms. The minimum atomic E-state index is 0. The number of guanidine groups is 1. The molecule has 1 aliphatic rings. The molecule has 1 aliphatic heterocycles. The van der Waals surface area contributed by atoms with Crippen LogP contribution < -0.4 is 11.1 Å². The summed E-state index contributed by atoms with van der Waals surface area (Å²) in [5, 5.41) is 3.18. The van der Waals surface area contributed by atoms with Gasteiger partial charge in [0.2, 0.25) is 0 Å². The number of rotatable bonds is 9. The lowest BCUT2D eigenvalue weighted by atomic mass is 10.2. The summed E-state index contributed by atoms with van der Waals surface area (Å²) in [6.45, 7) is 10.7. The highest BCUT2D eigenvalue weighted by Gasteiger charge is 2.14. The van der Waals surface area contributed by atoms with E-state index < -0.39 is 0 Å². The number of likely N-dealkylation sites (N-methyl/N-ethyl adjacent to an activating group) is 1. The number of nitrogens with one attached hydrogen (secondary N) is 1. The zero-order chi connectivity index (χ0) is 17.9. The van der Waals surface area contributed by atoms with E-state index in [0.29, 0.717) is 12.6 Å². The molecule has 0 unspecified atom stereocenters. The fourth-order valence-electron chi connectivity index (χ4n) is 3.08. The van der Waals surface area contributed by atoms with Crippen molar-refractivity contribution in [3.63, 3.8) is 0 Å². The molecule has 1 fully saturated rings. The van der Waals surface area contributed by atoms with Crippen molar-refractivity contribution in [2.75, 3.05) is 58.2 Å². The fraction of sp³-hybridized carbons (Fsp3) is 0.632. The van der Waals surface area contributed by atoms with Gasteiger partial charge >= 0.3 is 0 Å². The zero-order valence-electron chi connectivity index (χ0n) is 16.1. The second-order valence-electron chi connectivity index (χ2n) is 6.47. The Hall–Kier alpha value is -0.900. The molecule has 0 radical (unpaired) electrons. The zero-order valence-corrected chi connectivity index (χ0v) is 18.4. The maximum absolute atomic E-state index is 6.01. The summed E-state index contributed by atoms with van der Waals surface area (Å²) < 4.78 is 5.21. The minimum Gasteiger partial charge on any atom is -0.380 e. The molecule has 1 aromatic rings. The Morgan fingerprint density at radius 2 is 1.85 bits per heavy atom. The molecule has 0 aromatic heterocycles. The molecule has 7 heteroatoms. The maximum Gasteiger partial charge on any atom is 0.193 e. The number of hydrogen-bond acceptors (Lipinski definition) is 4. The summed E-state index contributed by atoms with van der Waals surface area (Å²) in [5.74, 6) is 0.472. The van der Waals surface area contributed by atoms with Gasteiger partial charge in [0.15, 0.2) is 5.96 Å². The third-order valence-corrected chi connectivity index (χ3v) is 4.66. The number of ether oxygens (including phenoxy) is 1. The molecule has 2 rings (SSSR count). The Morgan fingerprint density at radius 1 is 1.15 bits per heavy atom. The van der Waals surface area contributed by atoms with Crippen molar-refractivity contribution < 1.29 is 4.74 Å². The Labute approximate surface area is 175 Å². The maximum atomic E-state index is 6.01. The average molecular weight is 475 g/mol. The molecule has 0 spiro atoms. The van der Waals surface area contributed by atoms with E-state index in [1.807, 2.05) is 24.3 Å². The van der Waals surface area contributed by atoms with Gasteiger partial charge in [0.25, 0.3) is 0 Å². The lowest BCUT2D eigenvalue weighted by Gasteiger charge is -2.33. The van der Waals surface area contributed by atoms with E-state index in [1.165, 1.54) is 39.1 Å². The molecule has 0 amide bonds. The van der Waals surface area contributed by atoms with E-state index in [9.17, 15) is 0 Å². The number of methoxy groups -OCH3 is 1. The van der Waals surface area contributed by atoms with E-state index in [2.05, 4.69) is 27.0 Å². The first kappa shape index (κ1) is 23.1. The highest BCUT2D eigenvalue weighted by Crippen LogP contribution is 2.15. The van der Waals surface area contributed by atoms with E-state index >= 15 is 0 Å². The molecular weight excluding hydrogens is 441 g/mol. The Balaban J connectivity index is 0.00000338. The van der Waals surface area contributed by atoms with E-state index in [0.717, 1.165) is 30.8 Å². The number of piperazine rings is 1. The number of hydrogen-bond donors (Lipinski definition) is 2. The molecular formula is C19H34IN5O. The van der Waals surface area contributed by atoms with Crippen molar-refractivity contribution in [3.05, 3.63) is 29.8 Å². The number of benzene rings is 1. The third-order valence-electron chi connectivity index (χ3n) is 4.66. The van der Waals surface area contributed by atoms with Crippen LogP contribution in [0.25, 0.3) is 0 Å². The van der Waals surface area contributed by atoms with Crippen molar-refractivity contribution in [2.24, 2.45) is 10.7 Å². The molecule has 3 N–H and O–H groups in total. The Morgan fingerprint density at radius 3 is 2.54 bits per heavy atom. The summed E-state index contributed by atoms with van der Waals surface area (Å²) in [6, 6.07) is 7.99. The van der Waals surface area contributed by atoms with Crippen molar-refractivity contribution in [2.45, 2.75) is 26.4 Å². The van der Waals surface area contributed by atoms with Gasteiger partial charge in [0.05, 0.1) is 6.61 Å². The van der Waals surface area contributed by atoms with Crippen LogP contribution in [-0.2, 0) is 11.3 Å². The minimum absolute atomic E-state index is 0. The summed E-state index contributed by atoms with van der Waals surface area (Å²) >= 11 is 0. The van der Waals surface area contributed by atoms with Crippen LogP contribution in [0.2, 0.25) is 0 Å². The number of unbranched alkanes of at least 4 members (excludes halogenated alkanes) is 1.